The average Bonchev–Trinajstić information content (AvgIpc) is 2.37. The van der Waals surface area contributed by atoms with E-state index in [4.69, 9.17) is 16.5 Å². The lowest BCUT2D eigenvalue weighted by atomic mass is 10.8. The second-order valence-corrected chi connectivity index (χ2v) is 13.0. The molecule has 1 aliphatic heterocycles. The highest BCUT2D eigenvalue weighted by atomic mass is 28.5. The average molecular weight is 345 g/mol. The summed E-state index contributed by atoms with van der Waals surface area (Å²) in [5.74, 6) is 0. The van der Waals surface area contributed by atoms with Crippen molar-refractivity contribution >= 4 is 37.1 Å². The second-order valence-electron chi connectivity index (χ2n) is 4.12. The van der Waals surface area contributed by atoms with Crippen molar-refractivity contribution in [1.29, 1.82) is 0 Å². The zero-order valence-corrected chi connectivity index (χ0v) is 17.2. The topological polar surface area (TPSA) is 36.9 Å². The van der Waals surface area contributed by atoms with Gasteiger partial charge in [0.05, 0.1) is 0 Å². The molecule has 1 heterocycles. The molecule has 20 heavy (non-hydrogen) atoms. The third-order valence-corrected chi connectivity index (χ3v) is 13.9. The van der Waals surface area contributed by atoms with E-state index in [0.717, 1.165) is 0 Å². The lowest BCUT2D eigenvalue weighted by molar-refractivity contribution is 0.306. The largest absolute Gasteiger partial charge is 0.414 e. The van der Waals surface area contributed by atoms with Gasteiger partial charge in [-0.25, -0.2) is 0 Å². The fraction of sp³-hybridized carbons (Fsp3) is 0.333. The van der Waals surface area contributed by atoms with Gasteiger partial charge >= 0.3 is 37.1 Å². The van der Waals surface area contributed by atoms with Crippen molar-refractivity contribution in [3.05, 3.63) is 47.1 Å². The van der Waals surface area contributed by atoms with Crippen LogP contribution in [0.1, 0.15) is 27.7 Å². The van der Waals surface area contributed by atoms with E-state index in [1.807, 2.05) is 74.8 Å². The highest BCUT2D eigenvalue weighted by Gasteiger charge is 2.30. The predicted octanol–water partition coefficient (Wildman–Crippen LogP) is 1.41. The normalized spacial score (nSPS) is 33.4. The van der Waals surface area contributed by atoms with Crippen LogP contribution in [0.15, 0.2) is 47.1 Å². The zero-order valence-electron chi connectivity index (χ0n) is 12.6. The quantitative estimate of drug-likeness (QED) is 0.723. The molecule has 1 aliphatic rings. The van der Waals surface area contributed by atoms with Crippen LogP contribution < -0.4 is 0 Å². The van der Waals surface area contributed by atoms with Crippen LogP contribution in [-0.4, -0.2) is 37.1 Å². The van der Waals surface area contributed by atoms with Gasteiger partial charge in [-0.05, 0) is 27.7 Å². The molecule has 0 saturated carbocycles. The second kappa shape index (κ2) is 10.4. The summed E-state index contributed by atoms with van der Waals surface area (Å²) in [6, 6.07) is 0. The third-order valence-electron chi connectivity index (χ3n) is 2.47. The van der Waals surface area contributed by atoms with Crippen molar-refractivity contribution in [1.82, 2.24) is 0 Å². The van der Waals surface area contributed by atoms with Crippen molar-refractivity contribution in [3.8, 4) is 0 Å². The minimum Gasteiger partial charge on any atom is -0.414 e. The zero-order chi connectivity index (χ0) is 14.8. The molecule has 0 N–H and O–H groups in total. The van der Waals surface area contributed by atoms with E-state index in [-0.39, 0.29) is 0 Å². The molecule has 1 rings (SSSR count). The van der Waals surface area contributed by atoms with Gasteiger partial charge in [-0.1, -0.05) is 47.1 Å². The molecule has 0 aromatic carbocycles. The van der Waals surface area contributed by atoms with Crippen LogP contribution in [0.25, 0.3) is 0 Å². The van der Waals surface area contributed by atoms with Gasteiger partial charge in [0.2, 0.25) is 0 Å². The van der Waals surface area contributed by atoms with Crippen LogP contribution in [0.4, 0.5) is 0 Å². The molecule has 112 valence electrons. The molecule has 0 aromatic rings. The maximum Gasteiger partial charge on any atom is 0.330 e. The molecule has 8 heteroatoms. The Morgan fingerprint density at radius 1 is 0.450 bits per heavy atom. The lowest BCUT2D eigenvalue weighted by Gasteiger charge is -2.30. The summed E-state index contributed by atoms with van der Waals surface area (Å²) in [4.78, 5) is 0. The first-order valence-electron chi connectivity index (χ1n) is 6.86. The Morgan fingerprint density at radius 2 is 0.650 bits per heavy atom. The summed E-state index contributed by atoms with van der Waals surface area (Å²) >= 11 is 0. The standard InChI is InChI=1S/C12H24O4Si4/c1-5-9-17-13-18(10-6-2)15-20(12-8-4)16-19(14-17)11-7-3/h5-12,17-20H,1-4H3/b9-5+,10-6+,11-7+,12-8+. The van der Waals surface area contributed by atoms with Gasteiger partial charge in [0.15, 0.2) is 0 Å². The van der Waals surface area contributed by atoms with Crippen LogP contribution in [0.3, 0.4) is 0 Å². The van der Waals surface area contributed by atoms with E-state index in [9.17, 15) is 0 Å². The Hall–Kier alpha value is -0.332. The number of hydrogen-bond donors (Lipinski definition) is 0. The van der Waals surface area contributed by atoms with Gasteiger partial charge in [-0.3, -0.25) is 0 Å². The molecule has 1 saturated heterocycles. The Kier molecular flexibility index (Phi) is 9.22. The first-order chi connectivity index (χ1) is 9.73. The molecule has 0 unspecified atom stereocenters. The molecular weight excluding hydrogens is 320 g/mol. The molecule has 0 bridgehead atoms. The molecule has 0 aromatic heterocycles. The van der Waals surface area contributed by atoms with Crippen LogP contribution in [-0.2, 0) is 16.5 Å². The van der Waals surface area contributed by atoms with Crippen molar-refractivity contribution in [2.24, 2.45) is 0 Å². The van der Waals surface area contributed by atoms with E-state index in [1.165, 1.54) is 0 Å². The summed E-state index contributed by atoms with van der Waals surface area (Å²) < 4.78 is 24.4. The smallest absolute Gasteiger partial charge is 0.330 e. The molecule has 0 aliphatic carbocycles. The first kappa shape index (κ1) is 17.7. The van der Waals surface area contributed by atoms with Crippen molar-refractivity contribution in [3.63, 3.8) is 0 Å². The first-order valence-corrected chi connectivity index (χ1v) is 13.3. The number of hydrogen-bond acceptors (Lipinski definition) is 4. The van der Waals surface area contributed by atoms with Crippen LogP contribution in [0.5, 0.6) is 0 Å². The summed E-state index contributed by atoms with van der Waals surface area (Å²) in [6.07, 6.45) is 7.95. The lowest BCUT2D eigenvalue weighted by Crippen LogP contribution is -2.46. The molecule has 4 nitrogen and oxygen atoms in total. The van der Waals surface area contributed by atoms with Gasteiger partial charge in [-0.2, -0.15) is 0 Å². The molecule has 0 radical (unpaired) electrons. The number of allylic oxidation sites excluding steroid dienone is 4. The van der Waals surface area contributed by atoms with Crippen LogP contribution in [0.2, 0.25) is 0 Å². The van der Waals surface area contributed by atoms with E-state index in [2.05, 4.69) is 0 Å². The minimum absolute atomic E-state index is 1.84. The molecule has 0 atom stereocenters. The Balaban J connectivity index is 2.89. The van der Waals surface area contributed by atoms with Gasteiger partial charge in [0, 0.05) is 0 Å². The molecule has 0 spiro atoms. The van der Waals surface area contributed by atoms with E-state index in [1.54, 1.807) is 0 Å². The molecular formula is C12H24O4Si4. The fourth-order valence-electron chi connectivity index (χ4n) is 1.65. The van der Waals surface area contributed by atoms with Gasteiger partial charge < -0.3 is 16.5 Å². The van der Waals surface area contributed by atoms with Gasteiger partial charge in [0.25, 0.3) is 0 Å². The maximum absolute atomic E-state index is 6.11. The van der Waals surface area contributed by atoms with E-state index >= 15 is 0 Å². The van der Waals surface area contributed by atoms with Gasteiger partial charge in [-0.15, -0.1) is 0 Å². The highest BCUT2D eigenvalue weighted by molar-refractivity contribution is 6.79. The predicted molar refractivity (Wildman–Crippen MR) is 92.2 cm³/mol. The summed E-state index contributed by atoms with van der Waals surface area (Å²) in [5.41, 5.74) is 8.16. The third kappa shape index (κ3) is 6.41. The maximum atomic E-state index is 6.11. The van der Waals surface area contributed by atoms with Crippen molar-refractivity contribution < 1.29 is 16.5 Å². The molecule has 1 fully saturated rings. The highest BCUT2D eigenvalue weighted by Crippen LogP contribution is 2.11. The number of rotatable bonds is 4. The van der Waals surface area contributed by atoms with Crippen LogP contribution in [0, 0.1) is 0 Å². The summed E-state index contributed by atoms with van der Waals surface area (Å²) in [7, 11) is -7.35. The summed E-state index contributed by atoms with van der Waals surface area (Å²) in [5, 5.41) is 0. The molecule has 0 amide bonds. The minimum atomic E-state index is -1.84. The fourth-order valence-corrected chi connectivity index (χ4v) is 13.4. The van der Waals surface area contributed by atoms with Crippen molar-refractivity contribution in [2.75, 3.05) is 0 Å². The Morgan fingerprint density at radius 3 is 0.800 bits per heavy atom. The van der Waals surface area contributed by atoms with Crippen LogP contribution >= 0.6 is 0 Å². The van der Waals surface area contributed by atoms with Gasteiger partial charge in [0.1, 0.15) is 0 Å². The van der Waals surface area contributed by atoms with Crippen molar-refractivity contribution in [2.45, 2.75) is 27.7 Å². The Labute approximate surface area is 128 Å². The Bertz CT molecular complexity index is 304. The monoisotopic (exact) mass is 344 g/mol. The van der Waals surface area contributed by atoms with E-state index in [0.29, 0.717) is 0 Å². The summed E-state index contributed by atoms with van der Waals surface area (Å²) in [6.45, 7) is 7.93. The SMILES string of the molecule is C/C=C/[SiH]1O[SiH](/C=C/C)O[SiH](/C=C/C)O[SiH](/C=C/C)O1. The van der Waals surface area contributed by atoms with E-state index < -0.39 is 37.1 Å².